The van der Waals surface area contributed by atoms with Gasteiger partial charge < -0.3 is 21.1 Å². The second-order valence-electron chi connectivity index (χ2n) is 5.42. The maximum atomic E-state index is 11.9. The number of benzene rings is 1. The normalized spacial score (nSPS) is 10.9. The van der Waals surface area contributed by atoms with Crippen molar-refractivity contribution in [1.82, 2.24) is 10.6 Å². The van der Waals surface area contributed by atoms with E-state index in [2.05, 4.69) is 26.6 Å². The summed E-state index contributed by atoms with van der Waals surface area (Å²) in [5, 5.41) is 5.24. The van der Waals surface area contributed by atoms with Crippen LogP contribution in [0, 0.1) is 0 Å². The molecule has 0 saturated carbocycles. The first-order chi connectivity index (χ1) is 9.69. The van der Waals surface area contributed by atoms with Crippen molar-refractivity contribution in [2.75, 3.05) is 18.8 Å². The molecule has 116 valence electrons. The summed E-state index contributed by atoms with van der Waals surface area (Å²) in [6, 6.07) is 4.96. The number of nitrogens with one attached hydrogen (secondary N) is 2. The van der Waals surface area contributed by atoms with Gasteiger partial charge in [-0.1, -0.05) is 0 Å². The van der Waals surface area contributed by atoms with Gasteiger partial charge in [0.05, 0.1) is 0 Å². The fourth-order valence-corrected chi connectivity index (χ4v) is 1.69. The lowest BCUT2D eigenvalue weighted by Gasteiger charge is -2.19. The standard InChI is InChI=1S/C14H20BrN3O3/c1-14(2,3)21-13(20)18-7-6-17-12(19)9-4-5-10(15)11(16)8-9/h4-5,8H,6-7,16H2,1-3H3,(H,17,19)(H,18,20). The molecule has 0 heterocycles. The van der Waals surface area contributed by atoms with Crippen LogP contribution in [-0.2, 0) is 4.74 Å². The van der Waals surface area contributed by atoms with E-state index in [4.69, 9.17) is 10.5 Å². The number of alkyl carbamates (subject to hydrolysis) is 1. The van der Waals surface area contributed by atoms with E-state index >= 15 is 0 Å². The van der Waals surface area contributed by atoms with E-state index in [-0.39, 0.29) is 12.5 Å². The van der Waals surface area contributed by atoms with Crippen molar-refractivity contribution in [3.63, 3.8) is 0 Å². The van der Waals surface area contributed by atoms with Crippen LogP contribution in [-0.4, -0.2) is 30.7 Å². The molecule has 7 heteroatoms. The van der Waals surface area contributed by atoms with Gasteiger partial charge in [-0.2, -0.15) is 0 Å². The number of hydrogen-bond donors (Lipinski definition) is 3. The third kappa shape index (κ3) is 6.48. The molecule has 0 aliphatic heterocycles. The van der Waals surface area contributed by atoms with E-state index in [0.29, 0.717) is 17.8 Å². The molecule has 0 aliphatic rings. The highest BCUT2D eigenvalue weighted by Crippen LogP contribution is 2.19. The molecule has 6 nitrogen and oxygen atoms in total. The molecular weight excluding hydrogens is 338 g/mol. The van der Waals surface area contributed by atoms with Crippen molar-refractivity contribution < 1.29 is 14.3 Å². The van der Waals surface area contributed by atoms with Gasteiger partial charge in [-0.15, -0.1) is 0 Å². The average molecular weight is 358 g/mol. The van der Waals surface area contributed by atoms with Gasteiger partial charge in [0, 0.05) is 28.8 Å². The molecule has 1 rings (SSSR count). The number of ether oxygens (including phenoxy) is 1. The van der Waals surface area contributed by atoms with Crippen LogP contribution in [0.5, 0.6) is 0 Å². The van der Waals surface area contributed by atoms with E-state index in [9.17, 15) is 9.59 Å². The summed E-state index contributed by atoms with van der Waals surface area (Å²) in [7, 11) is 0. The number of nitrogen functional groups attached to an aromatic ring is 1. The zero-order valence-electron chi connectivity index (χ0n) is 12.3. The van der Waals surface area contributed by atoms with E-state index in [1.807, 2.05) is 0 Å². The fourth-order valence-electron chi connectivity index (χ4n) is 1.44. The van der Waals surface area contributed by atoms with Crippen molar-refractivity contribution in [3.05, 3.63) is 28.2 Å². The highest BCUT2D eigenvalue weighted by atomic mass is 79.9. The summed E-state index contributed by atoms with van der Waals surface area (Å²) in [6.07, 6.45) is -0.510. The monoisotopic (exact) mass is 357 g/mol. The first-order valence-electron chi connectivity index (χ1n) is 6.49. The number of anilines is 1. The van der Waals surface area contributed by atoms with Gasteiger partial charge in [-0.25, -0.2) is 4.79 Å². The molecule has 1 aromatic carbocycles. The predicted octanol–water partition coefficient (Wildman–Crippen LogP) is 2.29. The number of amides is 2. The summed E-state index contributed by atoms with van der Waals surface area (Å²) in [6.45, 7) is 5.94. The molecule has 0 radical (unpaired) electrons. The zero-order valence-corrected chi connectivity index (χ0v) is 13.9. The minimum absolute atomic E-state index is 0.250. The van der Waals surface area contributed by atoms with E-state index in [1.165, 1.54) is 0 Å². The first kappa shape index (κ1) is 17.3. The molecule has 0 aliphatic carbocycles. The van der Waals surface area contributed by atoms with Crippen molar-refractivity contribution in [2.24, 2.45) is 0 Å². The Morgan fingerprint density at radius 2 is 1.86 bits per heavy atom. The zero-order chi connectivity index (χ0) is 16.0. The molecule has 4 N–H and O–H groups in total. The number of carbonyl (C=O) groups excluding carboxylic acids is 2. The topological polar surface area (TPSA) is 93.5 Å². The molecule has 0 spiro atoms. The number of halogens is 1. The van der Waals surface area contributed by atoms with Crippen LogP contribution in [0.25, 0.3) is 0 Å². The van der Waals surface area contributed by atoms with Gasteiger partial charge in [-0.05, 0) is 54.9 Å². The largest absolute Gasteiger partial charge is 0.444 e. The lowest BCUT2D eigenvalue weighted by atomic mass is 10.2. The lowest BCUT2D eigenvalue weighted by Crippen LogP contribution is -2.37. The highest BCUT2D eigenvalue weighted by Gasteiger charge is 2.15. The number of hydrogen-bond acceptors (Lipinski definition) is 4. The van der Waals surface area contributed by atoms with Crippen molar-refractivity contribution >= 4 is 33.6 Å². The molecule has 0 fully saturated rings. The van der Waals surface area contributed by atoms with Gasteiger partial charge in [0.15, 0.2) is 0 Å². The average Bonchev–Trinajstić information content (AvgIpc) is 2.35. The molecular formula is C14H20BrN3O3. The Morgan fingerprint density at radius 1 is 1.24 bits per heavy atom. The molecule has 0 unspecified atom stereocenters. The maximum Gasteiger partial charge on any atom is 0.407 e. The van der Waals surface area contributed by atoms with Crippen LogP contribution in [0.15, 0.2) is 22.7 Å². The Kier molecular flexibility index (Phi) is 6.02. The first-order valence-corrected chi connectivity index (χ1v) is 7.28. The minimum Gasteiger partial charge on any atom is -0.444 e. The summed E-state index contributed by atoms with van der Waals surface area (Å²) < 4.78 is 5.82. The molecule has 2 amide bonds. The Balaban J connectivity index is 2.34. The third-order valence-electron chi connectivity index (χ3n) is 2.34. The van der Waals surface area contributed by atoms with E-state index in [0.717, 1.165) is 4.47 Å². The Hall–Kier alpha value is -1.76. The second-order valence-corrected chi connectivity index (χ2v) is 6.28. The summed E-state index contributed by atoms with van der Waals surface area (Å²) in [5.41, 5.74) is 6.13. The van der Waals surface area contributed by atoms with Gasteiger partial charge in [0.25, 0.3) is 5.91 Å². The molecule has 21 heavy (non-hydrogen) atoms. The van der Waals surface area contributed by atoms with Gasteiger partial charge >= 0.3 is 6.09 Å². The van der Waals surface area contributed by atoms with Gasteiger partial charge in [0.2, 0.25) is 0 Å². The maximum absolute atomic E-state index is 11.9. The summed E-state index contributed by atoms with van der Waals surface area (Å²) in [4.78, 5) is 23.2. The Morgan fingerprint density at radius 3 is 2.43 bits per heavy atom. The van der Waals surface area contributed by atoms with Crippen LogP contribution in [0.3, 0.4) is 0 Å². The van der Waals surface area contributed by atoms with Crippen molar-refractivity contribution in [2.45, 2.75) is 26.4 Å². The predicted molar refractivity (Wildman–Crippen MR) is 85.1 cm³/mol. The van der Waals surface area contributed by atoms with Gasteiger partial charge in [-0.3, -0.25) is 4.79 Å². The van der Waals surface area contributed by atoms with E-state index in [1.54, 1.807) is 39.0 Å². The van der Waals surface area contributed by atoms with Crippen LogP contribution in [0.1, 0.15) is 31.1 Å². The number of nitrogens with two attached hydrogens (primary N) is 1. The van der Waals surface area contributed by atoms with Crippen molar-refractivity contribution in [1.29, 1.82) is 0 Å². The van der Waals surface area contributed by atoms with Crippen LogP contribution in [0.4, 0.5) is 10.5 Å². The molecule has 0 saturated heterocycles. The third-order valence-corrected chi connectivity index (χ3v) is 3.06. The molecule has 1 aromatic rings. The van der Waals surface area contributed by atoms with Crippen LogP contribution >= 0.6 is 15.9 Å². The number of carbonyl (C=O) groups is 2. The smallest absolute Gasteiger partial charge is 0.407 e. The molecule has 0 bridgehead atoms. The Labute approximate surface area is 132 Å². The van der Waals surface area contributed by atoms with Gasteiger partial charge in [0.1, 0.15) is 5.60 Å². The highest BCUT2D eigenvalue weighted by molar-refractivity contribution is 9.10. The Bertz CT molecular complexity index is 527. The van der Waals surface area contributed by atoms with Crippen LogP contribution in [0.2, 0.25) is 0 Å². The van der Waals surface area contributed by atoms with Crippen molar-refractivity contribution in [3.8, 4) is 0 Å². The minimum atomic E-state index is -0.539. The SMILES string of the molecule is CC(C)(C)OC(=O)NCCNC(=O)c1ccc(Br)c(N)c1. The lowest BCUT2D eigenvalue weighted by molar-refractivity contribution is 0.0526. The summed E-state index contributed by atoms with van der Waals surface area (Å²) in [5.74, 6) is -0.250. The fraction of sp³-hybridized carbons (Fsp3) is 0.429. The second kappa shape index (κ2) is 7.31. The quantitative estimate of drug-likeness (QED) is 0.569. The molecule has 0 aromatic heterocycles. The summed E-state index contributed by atoms with van der Waals surface area (Å²) >= 11 is 3.26. The molecule has 0 atom stereocenters. The number of rotatable bonds is 4. The van der Waals surface area contributed by atoms with E-state index < -0.39 is 11.7 Å². The van der Waals surface area contributed by atoms with Crippen LogP contribution < -0.4 is 16.4 Å².